The number of amides is 1. The predicted molar refractivity (Wildman–Crippen MR) is 109 cm³/mol. The third-order valence-electron chi connectivity index (χ3n) is 4.63. The van der Waals surface area contributed by atoms with E-state index >= 15 is 0 Å². The summed E-state index contributed by atoms with van der Waals surface area (Å²) in [6.07, 6.45) is -8.84. The second-order valence-corrected chi connectivity index (χ2v) is 7.29. The molecule has 0 aliphatic carbocycles. The maximum absolute atomic E-state index is 13.5. The number of alkyl halides is 4. The van der Waals surface area contributed by atoms with Crippen LogP contribution >= 0.6 is 11.6 Å². The topological polar surface area (TPSA) is 71.5 Å². The molecule has 1 unspecified atom stereocenters. The minimum Gasteiger partial charge on any atom is -0.465 e. The molecule has 0 bridgehead atoms. The first kappa shape index (κ1) is 23.3. The summed E-state index contributed by atoms with van der Waals surface area (Å²) >= 11 is 5.93. The first-order valence-electron chi connectivity index (χ1n) is 9.25. The van der Waals surface area contributed by atoms with Crippen LogP contribution in [0.25, 0.3) is 0 Å². The van der Waals surface area contributed by atoms with Crippen LogP contribution in [0.1, 0.15) is 16.8 Å². The Labute approximate surface area is 185 Å². The lowest BCUT2D eigenvalue weighted by Gasteiger charge is -2.34. The first-order valence-corrected chi connectivity index (χ1v) is 9.63. The average molecular weight is 469 g/mol. The molecule has 1 atom stereocenters. The molecule has 0 radical (unpaired) electrons. The van der Waals surface area contributed by atoms with E-state index in [1.807, 2.05) is 0 Å². The number of halogens is 5. The summed E-state index contributed by atoms with van der Waals surface area (Å²) in [4.78, 5) is 16.0. The van der Waals surface area contributed by atoms with E-state index in [4.69, 9.17) is 11.6 Å². The van der Waals surface area contributed by atoms with Crippen molar-refractivity contribution in [2.45, 2.75) is 24.5 Å². The Kier molecular flexibility index (Phi) is 6.88. The number of aromatic nitrogens is 1. The van der Waals surface area contributed by atoms with Gasteiger partial charge in [-0.15, -0.1) is 0 Å². The molecule has 32 heavy (non-hydrogen) atoms. The highest BCUT2D eigenvalue weighted by Gasteiger charge is 2.44. The molecule has 0 aliphatic heterocycles. The second kappa shape index (κ2) is 9.44. The zero-order valence-corrected chi connectivity index (χ0v) is 17.1. The number of carboxylic acid groups (broad SMARTS) is 1. The van der Waals surface area contributed by atoms with Gasteiger partial charge in [0, 0.05) is 12.6 Å². The molecule has 1 aromatic heterocycles. The third kappa shape index (κ3) is 5.28. The van der Waals surface area contributed by atoms with Gasteiger partial charge in [0.2, 0.25) is 0 Å². The number of ether oxygens (including phenoxy) is 1. The third-order valence-corrected chi connectivity index (χ3v) is 4.86. The van der Waals surface area contributed by atoms with Gasteiger partial charge in [-0.3, -0.25) is 4.98 Å². The van der Waals surface area contributed by atoms with Crippen LogP contribution in [0.2, 0.25) is 5.02 Å². The van der Waals surface area contributed by atoms with Crippen LogP contribution < -0.4 is 10.1 Å². The van der Waals surface area contributed by atoms with Gasteiger partial charge in [-0.2, -0.15) is 17.6 Å². The van der Waals surface area contributed by atoms with Crippen molar-refractivity contribution in [3.63, 3.8) is 0 Å². The summed E-state index contributed by atoms with van der Waals surface area (Å²) in [5.41, 5.74) is -0.508. The van der Waals surface area contributed by atoms with Crippen LogP contribution in [-0.2, 0) is 12.0 Å². The molecule has 2 aromatic carbocycles. The van der Waals surface area contributed by atoms with E-state index in [0.717, 1.165) is 12.1 Å². The summed E-state index contributed by atoms with van der Waals surface area (Å²) < 4.78 is 56.4. The standard InChI is InChI=1S/C22H17ClF4N2O3/c23-16-9-10-18(28-13-16)21(29-20(30)31,12-14-5-2-1-3-6-14)15-7-4-8-17(11-15)32-22(26,27)19(24)25/h1-11,13,19,29H,12H2,(H,30,31). The van der Waals surface area contributed by atoms with Crippen molar-refractivity contribution in [1.82, 2.24) is 10.3 Å². The fourth-order valence-corrected chi connectivity index (χ4v) is 3.37. The van der Waals surface area contributed by atoms with E-state index in [1.165, 1.54) is 30.5 Å². The molecular formula is C22H17ClF4N2O3. The molecule has 0 fully saturated rings. The zero-order chi connectivity index (χ0) is 23.4. The molecular weight excluding hydrogens is 452 g/mol. The molecule has 0 aliphatic rings. The maximum Gasteiger partial charge on any atom is 0.461 e. The van der Waals surface area contributed by atoms with Crippen molar-refractivity contribution in [2.75, 3.05) is 0 Å². The Hall–Kier alpha value is -3.33. The molecule has 1 heterocycles. The second-order valence-electron chi connectivity index (χ2n) is 6.85. The largest absolute Gasteiger partial charge is 0.465 e. The Morgan fingerprint density at radius 2 is 1.81 bits per heavy atom. The Bertz CT molecular complexity index is 1070. The number of nitrogens with one attached hydrogen (secondary N) is 1. The molecule has 5 nitrogen and oxygen atoms in total. The van der Waals surface area contributed by atoms with Gasteiger partial charge in [0.25, 0.3) is 0 Å². The molecule has 0 saturated carbocycles. The molecule has 168 valence electrons. The SMILES string of the molecule is O=C(O)NC(Cc1ccccc1)(c1cccc(OC(F)(F)C(F)F)c1)c1ccc(Cl)cn1. The number of nitrogens with zero attached hydrogens (tertiary/aromatic N) is 1. The summed E-state index contributed by atoms with van der Waals surface area (Å²) in [6, 6.07) is 16.7. The number of rotatable bonds is 8. The quantitative estimate of drug-likeness (QED) is 0.414. The van der Waals surface area contributed by atoms with Gasteiger partial charge in [0.1, 0.15) is 11.3 Å². The van der Waals surface area contributed by atoms with Gasteiger partial charge in [0.05, 0.1) is 10.7 Å². The van der Waals surface area contributed by atoms with Gasteiger partial charge in [-0.1, -0.05) is 54.1 Å². The number of benzene rings is 2. The van der Waals surface area contributed by atoms with Crippen LogP contribution in [0.15, 0.2) is 72.9 Å². The number of carbonyl (C=O) groups is 1. The molecule has 10 heteroatoms. The fraction of sp³-hybridized carbons (Fsp3) is 0.182. The monoisotopic (exact) mass is 468 g/mol. The van der Waals surface area contributed by atoms with Gasteiger partial charge < -0.3 is 15.2 Å². The lowest BCUT2D eigenvalue weighted by molar-refractivity contribution is -0.253. The minimum atomic E-state index is -4.72. The van der Waals surface area contributed by atoms with Gasteiger partial charge in [-0.25, -0.2) is 4.79 Å². The fourth-order valence-electron chi connectivity index (χ4n) is 3.26. The number of hydrogen-bond donors (Lipinski definition) is 2. The molecule has 3 rings (SSSR count). The summed E-state index contributed by atoms with van der Waals surface area (Å²) in [6.45, 7) is 0. The zero-order valence-electron chi connectivity index (χ0n) is 16.3. The van der Waals surface area contributed by atoms with Crippen molar-refractivity contribution in [3.8, 4) is 5.75 Å². The van der Waals surface area contributed by atoms with Crippen LogP contribution in [0.3, 0.4) is 0 Å². The van der Waals surface area contributed by atoms with Crippen molar-refractivity contribution in [3.05, 3.63) is 94.8 Å². The van der Waals surface area contributed by atoms with Crippen molar-refractivity contribution < 1.29 is 32.2 Å². The van der Waals surface area contributed by atoms with Crippen LogP contribution in [0.5, 0.6) is 5.75 Å². The van der Waals surface area contributed by atoms with Crippen LogP contribution in [0.4, 0.5) is 22.4 Å². The van der Waals surface area contributed by atoms with Crippen molar-refractivity contribution in [2.24, 2.45) is 0 Å². The van der Waals surface area contributed by atoms with Gasteiger partial charge in [0.15, 0.2) is 0 Å². The smallest absolute Gasteiger partial charge is 0.461 e. The molecule has 0 spiro atoms. The van der Waals surface area contributed by atoms with Crippen molar-refractivity contribution in [1.29, 1.82) is 0 Å². The molecule has 3 aromatic rings. The lowest BCUT2D eigenvalue weighted by Crippen LogP contribution is -2.48. The lowest BCUT2D eigenvalue weighted by atomic mass is 9.80. The minimum absolute atomic E-state index is 0.0312. The maximum atomic E-state index is 13.5. The number of pyridine rings is 1. The summed E-state index contributed by atoms with van der Waals surface area (Å²) in [5, 5.41) is 12.3. The van der Waals surface area contributed by atoms with E-state index in [-0.39, 0.29) is 17.7 Å². The highest BCUT2D eigenvalue weighted by atomic mass is 35.5. The van der Waals surface area contributed by atoms with Crippen molar-refractivity contribution >= 4 is 17.7 Å². The van der Waals surface area contributed by atoms with Gasteiger partial charge in [-0.05, 0) is 35.4 Å². The first-order chi connectivity index (χ1) is 15.1. The van der Waals surface area contributed by atoms with E-state index in [0.29, 0.717) is 10.6 Å². The average Bonchev–Trinajstić information content (AvgIpc) is 2.74. The highest BCUT2D eigenvalue weighted by molar-refractivity contribution is 6.30. The Morgan fingerprint density at radius 1 is 1.09 bits per heavy atom. The normalized spacial score (nSPS) is 13.4. The molecule has 1 amide bonds. The van der Waals surface area contributed by atoms with E-state index < -0.39 is 29.9 Å². The number of hydrogen-bond acceptors (Lipinski definition) is 3. The summed E-state index contributed by atoms with van der Waals surface area (Å²) in [5.74, 6) is -0.564. The van der Waals surface area contributed by atoms with E-state index in [1.54, 1.807) is 30.3 Å². The highest BCUT2D eigenvalue weighted by Crippen LogP contribution is 2.36. The Balaban J connectivity index is 2.18. The predicted octanol–water partition coefficient (Wildman–Crippen LogP) is 5.73. The van der Waals surface area contributed by atoms with Crippen LogP contribution in [-0.4, -0.2) is 28.7 Å². The molecule has 2 N–H and O–H groups in total. The molecule has 0 saturated heterocycles. The van der Waals surface area contributed by atoms with E-state index in [2.05, 4.69) is 15.0 Å². The van der Waals surface area contributed by atoms with E-state index in [9.17, 15) is 27.5 Å². The van der Waals surface area contributed by atoms with Gasteiger partial charge >= 0.3 is 18.6 Å². The summed E-state index contributed by atoms with van der Waals surface area (Å²) in [7, 11) is 0. The Morgan fingerprint density at radius 3 is 2.41 bits per heavy atom. The van der Waals surface area contributed by atoms with Crippen LogP contribution in [0, 0.1) is 0 Å².